The summed E-state index contributed by atoms with van der Waals surface area (Å²) in [5.41, 5.74) is 3.22. The van der Waals surface area contributed by atoms with E-state index >= 15 is 0 Å². The van der Waals surface area contributed by atoms with Crippen molar-refractivity contribution in [2.24, 2.45) is 0 Å². The van der Waals surface area contributed by atoms with Crippen LogP contribution in [0.25, 0.3) is 20.8 Å². The van der Waals surface area contributed by atoms with Crippen LogP contribution < -0.4 is 10.6 Å². The maximum absolute atomic E-state index is 12.5. The number of fused-ring (bicyclic) bond motifs is 1. The zero-order chi connectivity index (χ0) is 20.4. The molecule has 3 aromatic carbocycles. The number of anilines is 1. The van der Waals surface area contributed by atoms with Gasteiger partial charge in [0.25, 0.3) is 5.91 Å². The van der Waals surface area contributed by atoms with Crippen molar-refractivity contribution in [3.8, 4) is 10.6 Å². The third-order valence-corrected chi connectivity index (χ3v) is 6.81. The average molecular weight is 594 g/mol. The number of amides is 1. The van der Waals surface area contributed by atoms with Crippen LogP contribution in [0.4, 0.5) is 5.69 Å². The fraction of sp³-hybridized carbons (Fsp3) is 0. The van der Waals surface area contributed by atoms with Gasteiger partial charge >= 0.3 is 0 Å². The first-order valence-corrected chi connectivity index (χ1v) is 11.6. The molecule has 0 aliphatic rings. The minimum Gasteiger partial charge on any atom is -0.332 e. The lowest BCUT2D eigenvalue weighted by Gasteiger charge is -2.13. The molecule has 1 heterocycles. The number of nitrogens with zero attached hydrogens (tertiary/aromatic N) is 1. The highest BCUT2D eigenvalue weighted by Gasteiger charge is 2.15. The Balaban J connectivity index is 1.60. The summed E-state index contributed by atoms with van der Waals surface area (Å²) >= 11 is 12.7. The molecule has 0 bridgehead atoms. The van der Waals surface area contributed by atoms with Gasteiger partial charge in [-0.05, 0) is 77.3 Å². The van der Waals surface area contributed by atoms with Crippen LogP contribution in [0.2, 0.25) is 0 Å². The minimum atomic E-state index is -0.244. The molecule has 2 N–H and O–H groups in total. The van der Waals surface area contributed by atoms with Crippen molar-refractivity contribution in [1.82, 2.24) is 10.3 Å². The van der Waals surface area contributed by atoms with Crippen LogP contribution in [0, 0.1) is 3.57 Å². The molecule has 1 aromatic heterocycles. The van der Waals surface area contributed by atoms with Gasteiger partial charge in [0.05, 0.1) is 21.5 Å². The molecule has 144 valence electrons. The SMILES string of the molecule is O=C(NC(=S)Nc1ccc(Br)cc1-c1nc2ccccc2s1)c1ccccc1I. The summed E-state index contributed by atoms with van der Waals surface area (Å²) in [5, 5.41) is 7.01. The number of carbonyl (C=O) groups excluding carboxylic acids is 1. The number of carbonyl (C=O) groups is 1. The normalized spacial score (nSPS) is 10.7. The minimum absolute atomic E-state index is 0.235. The van der Waals surface area contributed by atoms with Crippen LogP contribution in [0.5, 0.6) is 0 Å². The summed E-state index contributed by atoms with van der Waals surface area (Å²) in [6.07, 6.45) is 0. The average Bonchev–Trinajstić information content (AvgIpc) is 3.13. The van der Waals surface area contributed by atoms with Gasteiger partial charge < -0.3 is 5.32 Å². The quantitative estimate of drug-likeness (QED) is 0.211. The number of aromatic nitrogens is 1. The van der Waals surface area contributed by atoms with Crippen molar-refractivity contribution >= 4 is 89.0 Å². The summed E-state index contributed by atoms with van der Waals surface area (Å²) < 4.78 is 2.92. The number of halogens is 2. The molecule has 0 radical (unpaired) electrons. The summed E-state index contributed by atoms with van der Waals surface area (Å²) in [7, 11) is 0. The van der Waals surface area contributed by atoms with Crippen LogP contribution >= 0.6 is 62.1 Å². The number of rotatable bonds is 3. The van der Waals surface area contributed by atoms with E-state index < -0.39 is 0 Å². The zero-order valence-electron chi connectivity index (χ0n) is 14.8. The molecule has 0 atom stereocenters. The first-order chi connectivity index (χ1) is 14.0. The second-order valence-electron chi connectivity index (χ2n) is 6.06. The Kier molecular flexibility index (Phi) is 6.23. The number of thiazole rings is 1. The number of thiocarbonyl (C=S) groups is 1. The van der Waals surface area contributed by atoms with E-state index in [0.717, 1.165) is 34.5 Å². The van der Waals surface area contributed by atoms with Crippen molar-refractivity contribution in [3.63, 3.8) is 0 Å². The molecule has 0 aliphatic heterocycles. The number of nitrogens with one attached hydrogen (secondary N) is 2. The van der Waals surface area contributed by atoms with Gasteiger partial charge in [-0.15, -0.1) is 11.3 Å². The molecule has 0 saturated heterocycles. The van der Waals surface area contributed by atoms with E-state index in [-0.39, 0.29) is 11.0 Å². The number of hydrogen-bond acceptors (Lipinski definition) is 4. The predicted octanol–water partition coefficient (Wildman–Crippen LogP) is 6.46. The van der Waals surface area contributed by atoms with Gasteiger partial charge in [-0.1, -0.05) is 40.2 Å². The lowest BCUT2D eigenvalue weighted by atomic mass is 10.2. The van der Waals surface area contributed by atoms with Gasteiger partial charge in [-0.3, -0.25) is 10.1 Å². The first kappa shape index (κ1) is 20.4. The fourth-order valence-corrected chi connectivity index (χ4v) is 4.95. The van der Waals surface area contributed by atoms with Crippen molar-refractivity contribution in [2.75, 3.05) is 5.32 Å². The van der Waals surface area contributed by atoms with Crippen molar-refractivity contribution in [3.05, 3.63) is 80.3 Å². The Hall–Kier alpha value is -1.88. The molecule has 29 heavy (non-hydrogen) atoms. The second kappa shape index (κ2) is 8.86. The standard InChI is InChI=1S/C21H13BrIN3OS2/c22-12-9-10-16(14(11-12)20-24-17-7-3-4-8-18(17)29-20)25-21(28)26-19(27)13-5-1-2-6-15(13)23/h1-11H,(H2,25,26,27,28). The fourth-order valence-electron chi connectivity index (χ4n) is 2.76. The Morgan fingerprint density at radius 2 is 1.83 bits per heavy atom. The predicted molar refractivity (Wildman–Crippen MR) is 136 cm³/mol. The summed E-state index contributed by atoms with van der Waals surface area (Å²) in [4.78, 5) is 17.3. The molecule has 0 saturated carbocycles. The molecule has 8 heteroatoms. The van der Waals surface area contributed by atoms with E-state index in [1.807, 2.05) is 60.7 Å². The van der Waals surface area contributed by atoms with E-state index in [0.29, 0.717) is 5.56 Å². The lowest BCUT2D eigenvalue weighted by Crippen LogP contribution is -2.34. The van der Waals surface area contributed by atoms with E-state index in [1.54, 1.807) is 17.4 Å². The zero-order valence-corrected chi connectivity index (χ0v) is 20.2. The molecule has 0 unspecified atom stereocenters. The molecule has 1 amide bonds. The van der Waals surface area contributed by atoms with Gasteiger partial charge in [-0.25, -0.2) is 4.98 Å². The van der Waals surface area contributed by atoms with Crippen molar-refractivity contribution in [1.29, 1.82) is 0 Å². The van der Waals surface area contributed by atoms with E-state index in [9.17, 15) is 4.79 Å². The van der Waals surface area contributed by atoms with Gasteiger partial charge in [0.1, 0.15) is 5.01 Å². The molecular formula is C21H13BrIN3OS2. The summed E-state index contributed by atoms with van der Waals surface area (Å²) in [5.74, 6) is -0.244. The Morgan fingerprint density at radius 1 is 1.07 bits per heavy atom. The largest absolute Gasteiger partial charge is 0.332 e. The Morgan fingerprint density at radius 3 is 2.62 bits per heavy atom. The Labute approximate surface area is 199 Å². The summed E-state index contributed by atoms with van der Waals surface area (Å²) in [6.45, 7) is 0. The van der Waals surface area contributed by atoms with Crippen molar-refractivity contribution < 1.29 is 4.79 Å². The van der Waals surface area contributed by atoms with E-state index in [2.05, 4.69) is 49.2 Å². The molecule has 4 aromatic rings. The first-order valence-electron chi connectivity index (χ1n) is 8.53. The summed E-state index contributed by atoms with van der Waals surface area (Å²) in [6, 6.07) is 21.2. The molecule has 0 fully saturated rings. The third kappa shape index (κ3) is 4.66. The van der Waals surface area contributed by atoms with Crippen LogP contribution in [0.15, 0.2) is 71.2 Å². The van der Waals surface area contributed by atoms with Crippen LogP contribution in [0.1, 0.15) is 10.4 Å². The number of benzene rings is 3. The van der Waals surface area contributed by atoms with Crippen LogP contribution in [-0.2, 0) is 0 Å². The Bertz CT molecular complexity index is 1210. The highest BCUT2D eigenvalue weighted by atomic mass is 127. The number of para-hydroxylation sites is 1. The third-order valence-electron chi connectivity index (χ3n) is 4.10. The maximum atomic E-state index is 12.5. The van der Waals surface area contributed by atoms with Crippen molar-refractivity contribution in [2.45, 2.75) is 0 Å². The van der Waals surface area contributed by atoms with Gasteiger partial charge in [0, 0.05) is 13.6 Å². The highest BCUT2D eigenvalue weighted by molar-refractivity contribution is 14.1. The molecule has 4 nitrogen and oxygen atoms in total. The number of hydrogen-bond donors (Lipinski definition) is 2. The maximum Gasteiger partial charge on any atom is 0.258 e. The smallest absolute Gasteiger partial charge is 0.258 e. The van der Waals surface area contributed by atoms with E-state index in [4.69, 9.17) is 17.2 Å². The molecule has 0 aliphatic carbocycles. The van der Waals surface area contributed by atoms with Gasteiger partial charge in [0.2, 0.25) is 0 Å². The monoisotopic (exact) mass is 593 g/mol. The second-order valence-corrected chi connectivity index (χ2v) is 9.58. The molecule has 4 rings (SSSR count). The topological polar surface area (TPSA) is 54.0 Å². The van der Waals surface area contributed by atoms with Gasteiger partial charge in [0.15, 0.2) is 5.11 Å². The molecular weight excluding hydrogens is 581 g/mol. The van der Waals surface area contributed by atoms with Crippen LogP contribution in [0.3, 0.4) is 0 Å². The van der Waals surface area contributed by atoms with Gasteiger partial charge in [-0.2, -0.15) is 0 Å². The van der Waals surface area contributed by atoms with E-state index in [1.165, 1.54) is 0 Å². The van der Waals surface area contributed by atoms with Crippen LogP contribution in [-0.4, -0.2) is 16.0 Å². The lowest BCUT2D eigenvalue weighted by molar-refractivity contribution is 0.0977. The highest BCUT2D eigenvalue weighted by Crippen LogP contribution is 2.36. The molecule has 0 spiro atoms.